The maximum Gasteiger partial charge on any atom is 0.228 e. The summed E-state index contributed by atoms with van der Waals surface area (Å²) in [5.74, 6) is -1.73. The number of unbranched alkanes of at least 4 members (excludes halogenated alkanes) is 3. The number of carbonyl (C=O) groups excluding carboxylic acids is 3. The van der Waals surface area contributed by atoms with E-state index in [1.807, 2.05) is 72.8 Å². The average molecular weight is 570 g/mol. The third kappa shape index (κ3) is 10.5. The molecule has 0 fully saturated rings. The highest BCUT2D eigenvalue weighted by Crippen LogP contribution is 2.24. The summed E-state index contributed by atoms with van der Waals surface area (Å²) in [5.41, 5.74) is 5.44. The fraction of sp³-hybridized carbons (Fsp3) is 0.417. The van der Waals surface area contributed by atoms with E-state index in [1.54, 1.807) is 0 Å². The van der Waals surface area contributed by atoms with Gasteiger partial charge in [0.25, 0.3) is 0 Å². The Kier molecular flexibility index (Phi) is 13.8. The van der Waals surface area contributed by atoms with Crippen LogP contribution in [0.2, 0.25) is 0 Å². The number of aryl methyl sites for hydroxylation is 3. The molecule has 0 aliphatic heterocycles. The van der Waals surface area contributed by atoms with Crippen LogP contribution in [0.15, 0.2) is 72.8 Å². The van der Waals surface area contributed by atoms with E-state index in [0.717, 1.165) is 91.5 Å². The minimum absolute atomic E-state index is 0.101. The molecule has 0 spiro atoms. The van der Waals surface area contributed by atoms with Gasteiger partial charge in [-0.05, 0) is 73.4 Å². The van der Waals surface area contributed by atoms with Crippen molar-refractivity contribution in [1.82, 2.24) is 0 Å². The van der Waals surface area contributed by atoms with Gasteiger partial charge in [-0.2, -0.15) is 0 Å². The van der Waals surface area contributed by atoms with Gasteiger partial charge < -0.3 is 16.0 Å². The van der Waals surface area contributed by atoms with Gasteiger partial charge in [0.05, 0.1) is 5.92 Å². The minimum Gasteiger partial charge on any atom is -0.326 e. The highest BCUT2D eigenvalue weighted by Gasteiger charge is 2.26. The Balaban J connectivity index is 1.79. The number of benzene rings is 3. The molecule has 6 heteroatoms. The van der Waals surface area contributed by atoms with Crippen LogP contribution in [0.4, 0.5) is 17.1 Å². The van der Waals surface area contributed by atoms with Gasteiger partial charge in [0.1, 0.15) is 0 Å². The Labute approximate surface area is 251 Å². The van der Waals surface area contributed by atoms with Crippen molar-refractivity contribution in [3.8, 4) is 0 Å². The Bertz CT molecular complexity index is 1240. The van der Waals surface area contributed by atoms with Crippen LogP contribution in [0.1, 0.15) is 88.8 Å². The maximum atomic E-state index is 13.7. The first kappa shape index (κ1) is 32.6. The molecule has 0 saturated carbocycles. The van der Waals surface area contributed by atoms with Crippen molar-refractivity contribution in [1.29, 1.82) is 0 Å². The molecule has 42 heavy (non-hydrogen) atoms. The molecule has 0 radical (unpaired) electrons. The van der Waals surface area contributed by atoms with Gasteiger partial charge in [0, 0.05) is 29.9 Å². The first-order valence-electron chi connectivity index (χ1n) is 15.6. The van der Waals surface area contributed by atoms with Gasteiger partial charge in [-0.25, -0.2) is 0 Å². The quantitative estimate of drug-likeness (QED) is 0.153. The van der Waals surface area contributed by atoms with Crippen LogP contribution in [-0.4, -0.2) is 17.7 Å². The monoisotopic (exact) mass is 569 g/mol. The predicted molar refractivity (Wildman–Crippen MR) is 174 cm³/mol. The summed E-state index contributed by atoms with van der Waals surface area (Å²) >= 11 is 0. The Hall–Kier alpha value is -3.93. The largest absolute Gasteiger partial charge is 0.326 e. The van der Waals surface area contributed by atoms with Crippen LogP contribution < -0.4 is 16.0 Å². The van der Waals surface area contributed by atoms with Crippen LogP contribution in [0, 0.1) is 5.92 Å². The van der Waals surface area contributed by atoms with Crippen LogP contribution in [0.5, 0.6) is 0 Å². The van der Waals surface area contributed by atoms with Gasteiger partial charge >= 0.3 is 0 Å². The lowest BCUT2D eigenvalue weighted by Crippen LogP contribution is -2.31. The van der Waals surface area contributed by atoms with Crippen molar-refractivity contribution in [2.24, 2.45) is 5.92 Å². The van der Waals surface area contributed by atoms with Crippen molar-refractivity contribution in [3.63, 3.8) is 0 Å². The summed E-state index contributed by atoms with van der Waals surface area (Å²) in [6.07, 6.45) is 8.59. The molecule has 0 bridgehead atoms. The molecule has 0 aliphatic carbocycles. The molecule has 3 aromatic rings. The lowest BCUT2D eigenvalue weighted by Gasteiger charge is -2.19. The highest BCUT2D eigenvalue weighted by molar-refractivity contribution is 6.02. The molecule has 3 N–H and O–H groups in total. The third-order valence-corrected chi connectivity index (χ3v) is 7.49. The van der Waals surface area contributed by atoms with Crippen LogP contribution in [0.25, 0.3) is 0 Å². The molecule has 224 valence electrons. The number of amides is 3. The topological polar surface area (TPSA) is 87.3 Å². The van der Waals surface area contributed by atoms with Gasteiger partial charge in [0.15, 0.2) is 0 Å². The summed E-state index contributed by atoms with van der Waals surface area (Å²) in [5, 5.41) is 9.06. The van der Waals surface area contributed by atoms with E-state index in [9.17, 15) is 14.4 Å². The van der Waals surface area contributed by atoms with Gasteiger partial charge in [-0.1, -0.05) is 94.6 Å². The van der Waals surface area contributed by atoms with Crippen LogP contribution >= 0.6 is 0 Å². The number of hydrogen-bond acceptors (Lipinski definition) is 3. The smallest absolute Gasteiger partial charge is 0.228 e. The zero-order valence-corrected chi connectivity index (χ0v) is 25.5. The van der Waals surface area contributed by atoms with E-state index in [2.05, 4.69) is 36.7 Å². The Morgan fingerprint density at radius 2 is 0.857 bits per heavy atom. The molecule has 0 heterocycles. The fourth-order valence-corrected chi connectivity index (χ4v) is 5.02. The first-order chi connectivity index (χ1) is 20.4. The SMILES string of the molecule is CCCCc1ccccc1NC(=O)CC(CC(=O)Nc1ccccc1CCCC)C(=O)Nc1ccccc1CCCC. The fourth-order valence-electron chi connectivity index (χ4n) is 5.02. The Morgan fingerprint density at radius 1 is 0.524 bits per heavy atom. The van der Waals surface area contributed by atoms with Gasteiger partial charge in [-0.3, -0.25) is 14.4 Å². The summed E-state index contributed by atoms with van der Waals surface area (Å²) in [7, 11) is 0. The summed E-state index contributed by atoms with van der Waals surface area (Å²) in [4.78, 5) is 40.3. The molecule has 6 nitrogen and oxygen atoms in total. The summed E-state index contributed by atoms with van der Waals surface area (Å²) in [6.45, 7) is 6.41. The number of hydrogen-bond donors (Lipinski definition) is 3. The van der Waals surface area contributed by atoms with Crippen molar-refractivity contribution in [2.75, 3.05) is 16.0 Å². The average Bonchev–Trinajstić information content (AvgIpc) is 2.99. The second-order valence-corrected chi connectivity index (χ2v) is 11.0. The molecule has 3 amide bonds. The predicted octanol–water partition coefficient (Wildman–Crippen LogP) is 8.33. The number of para-hydroxylation sites is 3. The second kappa shape index (κ2) is 17.8. The normalized spacial score (nSPS) is 10.9. The van der Waals surface area contributed by atoms with Crippen molar-refractivity contribution >= 4 is 34.8 Å². The molecule has 3 aromatic carbocycles. The molecule has 0 aliphatic rings. The second-order valence-electron chi connectivity index (χ2n) is 11.0. The number of carbonyl (C=O) groups is 3. The van der Waals surface area contributed by atoms with Gasteiger partial charge in [-0.15, -0.1) is 0 Å². The molecule has 0 unspecified atom stereocenters. The Morgan fingerprint density at radius 3 is 1.21 bits per heavy atom. The molecule has 3 rings (SSSR count). The van der Waals surface area contributed by atoms with Crippen LogP contribution in [0.3, 0.4) is 0 Å². The van der Waals surface area contributed by atoms with E-state index in [0.29, 0.717) is 0 Å². The van der Waals surface area contributed by atoms with E-state index in [-0.39, 0.29) is 30.6 Å². The lowest BCUT2D eigenvalue weighted by atomic mass is 9.97. The minimum atomic E-state index is -0.838. The lowest BCUT2D eigenvalue weighted by molar-refractivity contribution is -0.127. The molecule has 0 atom stereocenters. The zero-order chi connectivity index (χ0) is 30.2. The number of rotatable bonds is 17. The maximum absolute atomic E-state index is 13.7. The third-order valence-electron chi connectivity index (χ3n) is 7.49. The first-order valence-corrected chi connectivity index (χ1v) is 15.6. The molecular weight excluding hydrogens is 522 g/mol. The summed E-state index contributed by atoms with van der Waals surface area (Å²) < 4.78 is 0. The summed E-state index contributed by atoms with van der Waals surface area (Å²) in [6, 6.07) is 23.3. The van der Waals surface area contributed by atoms with Crippen molar-refractivity contribution in [2.45, 2.75) is 91.4 Å². The van der Waals surface area contributed by atoms with Crippen molar-refractivity contribution < 1.29 is 14.4 Å². The van der Waals surface area contributed by atoms with Crippen molar-refractivity contribution in [3.05, 3.63) is 89.5 Å². The number of nitrogens with one attached hydrogen (secondary N) is 3. The van der Waals surface area contributed by atoms with E-state index < -0.39 is 5.92 Å². The zero-order valence-electron chi connectivity index (χ0n) is 25.5. The standard InChI is InChI=1S/C36H47N3O3/c1-4-7-16-27-19-10-13-22-31(27)37-34(40)25-30(36(42)39-33-24-15-12-21-29(33)18-9-6-3)26-35(41)38-32-23-14-11-20-28(32)17-8-5-2/h10-15,19-24,30H,4-9,16-18,25-26H2,1-3H3,(H,37,40)(H,38,41)(H,39,42). The van der Waals surface area contributed by atoms with Gasteiger partial charge in [0.2, 0.25) is 17.7 Å². The molecule has 0 saturated heterocycles. The molecule has 0 aromatic heterocycles. The highest BCUT2D eigenvalue weighted by atomic mass is 16.2. The molecular formula is C36H47N3O3. The number of anilines is 3. The van der Waals surface area contributed by atoms with E-state index in [4.69, 9.17) is 0 Å². The van der Waals surface area contributed by atoms with Crippen LogP contribution in [-0.2, 0) is 33.6 Å². The van der Waals surface area contributed by atoms with E-state index >= 15 is 0 Å². The van der Waals surface area contributed by atoms with E-state index in [1.165, 1.54) is 0 Å².